The monoisotopic (exact) mass is 234 g/mol. The molecule has 0 unspecified atom stereocenters. The van der Waals surface area contributed by atoms with E-state index >= 15 is 0 Å². The van der Waals surface area contributed by atoms with E-state index in [0.717, 1.165) is 12.0 Å². The number of likely N-dealkylation sites (tertiary alicyclic amines) is 1. The zero-order chi connectivity index (χ0) is 12.3. The van der Waals surface area contributed by atoms with Gasteiger partial charge >= 0.3 is 6.09 Å². The van der Waals surface area contributed by atoms with Gasteiger partial charge in [0.25, 0.3) is 0 Å². The van der Waals surface area contributed by atoms with E-state index in [-0.39, 0.29) is 18.2 Å². The highest BCUT2D eigenvalue weighted by Gasteiger charge is 2.32. The van der Waals surface area contributed by atoms with Gasteiger partial charge in [-0.05, 0) is 18.9 Å². The first-order valence-electron chi connectivity index (χ1n) is 5.91. The molecule has 0 radical (unpaired) electrons. The summed E-state index contributed by atoms with van der Waals surface area (Å²) in [5, 5.41) is 0. The third kappa shape index (κ3) is 2.77. The maximum atomic E-state index is 11.8. The molecule has 92 valence electrons. The molecule has 2 N–H and O–H groups in total. The summed E-state index contributed by atoms with van der Waals surface area (Å²) in [7, 11) is 0. The zero-order valence-corrected chi connectivity index (χ0v) is 10.0. The van der Waals surface area contributed by atoms with Crippen LogP contribution < -0.4 is 5.73 Å². The molecule has 17 heavy (non-hydrogen) atoms. The number of nitrogens with zero attached hydrogens (tertiary/aromatic N) is 1. The van der Waals surface area contributed by atoms with Crippen LogP contribution in [0, 0.1) is 0 Å². The molecule has 1 aromatic rings. The third-order valence-corrected chi connectivity index (χ3v) is 3.25. The van der Waals surface area contributed by atoms with Crippen LogP contribution in [0.15, 0.2) is 30.3 Å². The molecule has 1 aromatic carbocycles. The second-order valence-corrected chi connectivity index (χ2v) is 4.43. The molecular weight excluding hydrogens is 216 g/mol. The van der Waals surface area contributed by atoms with Gasteiger partial charge in [0.05, 0.1) is 0 Å². The Labute approximate surface area is 101 Å². The van der Waals surface area contributed by atoms with E-state index in [1.165, 1.54) is 0 Å². The Kier molecular flexibility index (Phi) is 3.64. The van der Waals surface area contributed by atoms with Crippen LogP contribution in [0.5, 0.6) is 0 Å². The van der Waals surface area contributed by atoms with E-state index in [4.69, 9.17) is 10.5 Å². The van der Waals surface area contributed by atoms with Crippen molar-refractivity contribution < 1.29 is 9.53 Å². The normalized spacial score (nSPS) is 23.8. The number of hydrogen-bond acceptors (Lipinski definition) is 3. The number of carbonyl (C=O) groups is 1. The fourth-order valence-electron chi connectivity index (χ4n) is 2.02. The van der Waals surface area contributed by atoms with Crippen molar-refractivity contribution in [3.63, 3.8) is 0 Å². The number of benzene rings is 1. The van der Waals surface area contributed by atoms with Crippen LogP contribution in [0.3, 0.4) is 0 Å². The van der Waals surface area contributed by atoms with Crippen LogP contribution in [0.4, 0.5) is 4.79 Å². The van der Waals surface area contributed by atoms with Gasteiger partial charge in [-0.15, -0.1) is 0 Å². The van der Waals surface area contributed by atoms with E-state index in [2.05, 4.69) is 0 Å². The summed E-state index contributed by atoms with van der Waals surface area (Å²) in [4.78, 5) is 13.5. The summed E-state index contributed by atoms with van der Waals surface area (Å²) in [6.45, 7) is 2.97. The largest absolute Gasteiger partial charge is 0.445 e. The van der Waals surface area contributed by atoms with Crippen molar-refractivity contribution in [1.82, 2.24) is 4.90 Å². The number of hydrogen-bond donors (Lipinski definition) is 1. The standard InChI is InChI=1S/C13H18N2O2/c1-10-12(14)7-8-15(10)13(16)17-9-11-5-3-2-4-6-11/h2-6,10,12H,7-9,14H2,1H3/t10-,12-/m0/s1. The molecule has 0 aliphatic carbocycles. The molecule has 0 aromatic heterocycles. The summed E-state index contributed by atoms with van der Waals surface area (Å²) in [5.41, 5.74) is 6.86. The van der Waals surface area contributed by atoms with Gasteiger partial charge in [-0.1, -0.05) is 30.3 Å². The first kappa shape index (κ1) is 11.9. The molecule has 4 nitrogen and oxygen atoms in total. The molecule has 4 heteroatoms. The van der Waals surface area contributed by atoms with E-state index in [0.29, 0.717) is 13.2 Å². The molecule has 0 spiro atoms. The van der Waals surface area contributed by atoms with E-state index in [1.54, 1.807) is 4.90 Å². The van der Waals surface area contributed by atoms with Gasteiger partial charge in [0.2, 0.25) is 0 Å². The smallest absolute Gasteiger partial charge is 0.410 e. The van der Waals surface area contributed by atoms with E-state index in [1.807, 2.05) is 37.3 Å². The highest BCUT2D eigenvalue weighted by molar-refractivity contribution is 5.68. The predicted molar refractivity (Wildman–Crippen MR) is 65.4 cm³/mol. The minimum absolute atomic E-state index is 0.0678. The Morgan fingerprint density at radius 2 is 2.18 bits per heavy atom. The van der Waals surface area contributed by atoms with Crippen molar-refractivity contribution >= 4 is 6.09 Å². The van der Waals surface area contributed by atoms with Crippen LogP contribution in [-0.2, 0) is 11.3 Å². The SMILES string of the molecule is C[C@H]1[C@@H](N)CCN1C(=O)OCc1ccccc1. The Bertz CT molecular complexity index is 380. The molecular formula is C13H18N2O2. The highest BCUT2D eigenvalue weighted by Crippen LogP contribution is 2.17. The summed E-state index contributed by atoms with van der Waals surface area (Å²) in [6, 6.07) is 9.80. The van der Waals surface area contributed by atoms with Gasteiger partial charge < -0.3 is 15.4 Å². The number of nitrogens with two attached hydrogens (primary N) is 1. The Morgan fingerprint density at radius 1 is 1.47 bits per heavy atom. The van der Waals surface area contributed by atoms with Crippen LogP contribution in [0.1, 0.15) is 18.9 Å². The predicted octanol–water partition coefficient (Wildman–Crippen LogP) is 1.74. The van der Waals surface area contributed by atoms with E-state index < -0.39 is 0 Å². The van der Waals surface area contributed by atoms with E-state index in [9.17, 15) is 4.79 Å². The van der Waals surface area contributed by atoms with Crippen LogP contribution in [0.25, 0.3) is 0 Å². The number of rotatable bonds is 2. The minimum Gasteiger partial charge on any atom is -0.445 e. The molecule has 1 fully saturated rings. The lowest BCUT2D eigenvalue weighted by atomic mass is 10.2. The molecule has 1 heterocycles. The molecule has 0 saturated carbocycles. The topological polar surface area (TPSA) is 55.6 Å². The molecule has 1 aliphatic rings. The number of amides is 1. The van der Waals surface area contributed by atoms with Crippen molar-refractivity contribution in [2.45, 2.75) is 32.0 Å². The van der Waals surface area contributed by atoms with Crippen molar-refractivity contribution in [1.29, 1.82) is 0 Å². The summed E-state index contributed by atoms with van der Waals surface area (Å²) >= 11 is 0. The van der Waals surface area contributed by atoms with Crippen molar-refractivity contribution in [2.75, 3.05) is 6.54 Å². The van der Waals surface area contributed by atoms with Crippen molar-refractivity contribution in [3.05, 3.63) is 35.9 Å². The average Bonchev–Trinajstić information content (AvgIpc) is 2.69. The van der Waals surface area contributed by atoms with Crippen LogP contribution >= 0.6 is 0 Å². The highest BCUT2D eigenvalue weighted by atomic mass is 16.6. The molecule has 2 rings (SSSR count). The number of ether oxygens (including phenoxy) is 1. The molecule has 2 atom stereocenters. The lowest BCUT2D eigenvalue weighted by Crippen LogP contribution is -2.40. The lowest BCUT2D eigenvalue weighted by Gasteiger charge is -2.22. The number of carbonyl (C=O) groups excluding carboxylic acids is 1. The van der Waals surface area contributed by atoms with Gasteiger partial charge in [-0.25, -0.2) is 4.79 Å². The Morgan fingerprint density at radius 3 is 2.76 bits per heavy atom. The second-order valence-electron chi connectivity index (χ2n) is 4.43. The fourth-order valence-corrected chi connectivity index (χ4v) is 2.02. The molecule has 0 bridgehead atoms. The van der Waals surface area contributed by atoms with Gasteiger partial charge in [-0.3, -0.25) is 0 Å². The first-order valence-corrected chi connectivity index (χ1v) is 5.91. The third-order valence-electron chi connectivity index (χ3n) is 3.25. The average molecular weight is 234 g/mol. The Hall–Kier alpha value is -1.55. The maximum Gasteiger partial charge on any atom is 0.410 e. The quantitative estimate of drug-likeness (QED) is 0.848. The minimum atomic E-state index is -0.269. The fraction of sp³-hybridized carbons (Fsp3) is 0.462. The molecule has 1 saturated heterocycles. The first-order chi connectivity index (χ1) is 8.18. The lowest BCUT2D eigenvalue weighted by molar-refractivity contribution is 0.0934. The van der Waals surface area contributed by atoms with Gasteiger partial charge in [0.1, 0.15) is 6.61 Å². The summed E-state index contributed by atoms with van der Waals surface area (Å²) in [5.74, 6) is 0. The van der Waals surface area contributed by atoms with Gasteiger partial charge in [0.15, 0.2) is 0 Å². The summed E-state index contributed by atoms with van der Waals surface area (Å²) < 4.78 is 5.26. The van der Waals surface area contributed by atoms with Gasteiger partial charge in [0, 0.05) is 18.6 Å². The Balaban J connectivity index is 1.86. The molecule has 1 aliphatic heterocycles. The maximum absolute atomic E-state index is 11.8. The second kappa shape index (κ2) is 5.19. The van der Waals surface area contributed by atoms with Crippen LogP contribution in [0.2, 0.25) is 0 Å². The van der Waals surface area contributed by atoms with Crippen molar-refractivity contribution in [3.8, 4) is 0 Å². The van der Waals surface area contributed by atoms with Gasteiger partial charge in [-0.2, -0.15) is 0 Å². The van der Waals surface area contributed by atoms with Crippen molar-refractivity contribution in [2.24, 2.45) is 5.73 Å². The summed E-state index contributed by atoms with van der Waals surface area (Å²) in [6.07, 6.45) is 0.580. The molecule has 1 amide bonds. The van der Waals surface area contributed by atoms with Crippen LogP contribution in [-0.4, -0.2) is 29.6 Å². The zero-order valence-electron chi connectivity index (χ0n) is 10.0.